The van der Waals surface area contributed by atoms with Crippen LogP contribution in [0.2, 0.25) is 0 Å². The minimum Gasteiger partial charge on any atom is -0.497 e. The zero-order valence-electron chi connectivity index (χ0n) is 23.2. The summed E-state index contributed by atoms with van der Waals surface area (Å²) in [5.41, 5.74) is 1.91. The van der Waals surface area contributed by atoms with Crippen LogP contribution in [0.1, 0.15) is 16.4 Å². The summed E-state index contributed by atoms with van der Waals surface area (Å²) in [5.74, 6) is -1.71. The number of hydrogen-bond acceptors (Lipinski definition) is 7. The summed E-state index contributed by atoms with van der Waals surface area (Å²) < 4.78 is 7.50. The fourth-order valence-corrected chi connectivity index (χ4v) is 9.16. The number of halogens is 1. The van der Waals surface area contributed by atoms with Gasteiger partial charge in [0.25, 0.3) is 0 Å². The van der Waals surface area contributed by atoms with Crippen LogP contribution in [0.5, 0.6) is 5.75 Å². The zero-order chi connectivity index (χ0) is 30.5. The first kappa shape index (κ1) is 28.6. The third kappa shape index (κ3) is 4.85. The Kier molecular flexibility index (Phi) is 7.39. The smallest absolute Gasteiger partial charge is 0.308 e. The minimum atomic E-state index is -0.775. The van der Waals surface area contributed by atoms with E-state index in [1.54, 1.807) is 31.4 Å². The van der Waals surface area contributed by atoms with Crippen molar-refractivity contribution in [1.29, 1.82) is 0 Å². The van der Waals surface area contributed by atoms with E-state index in [0.29, 0.717) is 27.0 Å². The van der Waals surface area contributed by atoms with Crippen LogP contribution < -0.4 is 19.8 Å². The van der Waals surface area contributed by atoms with Gasteiger partial charge in [0, 0.05) is 26.3 Å². The molecule has 7 rings (SSSR count). The average Bonchev–Trinajstić information content (AvgIpc) is 3.47. The molecule has 0 radical (unpaired) electrons. The second-order valence-corrected chi connectivity index (χ2v) is 13.5. The van der Waals surface area contributed by atoms with Crippen LogP contribution in [0.25, 0.3) is 10.8 Å². The minimum absolute atomic E-state index is 0.228. The van der Waals surface area contributed by atoms with Gasteiger partial charge in [0.15, 0.2) is 0 Å². The maximum Gasteiger partial charge on any atom is 0.308 e. The number of carbonyl (C=O) groups is 3. The van der Waals surface area contributed by atoms with E-state index in [0.717, 1.165) is 32.1 Å². The number of fused-ring (bicyclic) bond motifs is 3. The van der Waals surface area contributed by atoms with Gasteiger partial charge in [-0.05, 0) is 53.4 Å². The molecule has 0 aliphatic carbocycles. The number of rotatable bonds is 6. The Morgan fingerprint density at radius 1 is 0.932 bits per heavy atom. The fraction of sp³-hybridized carbons (Fsp3) is 0.152. The molecule has 3 heterocycles. The van der Waals surface area contributed by atoms with Crippen LogP contribution in [0, 0.1) is 5.92 Å². The van der Waals surface area contributed by atoms with Gasteiger partial charge < -0.3 is 10.1 Å². The van der Waals surface area contributed by atoms with Crippen LogP contribution in [0.4, 0.5) is 11.4 Å². The second kappa shape index (κ2) is 11.4. The number of hydrogen-bond donors (Lipinski definition) is 1. The van der Waals surface area contributed by atoms with Gasteiger partial charge in [0.2, 0.25) is 17.7 Å². The highest BCUT2D eigenvalue weighted by atomic mass is 79.9. The average molecular weight is 687 g/mol. The molecule has 0 saturated carbocycles. The van der Waals surface area contributed by atoms with Crippen molar-refractivity contribution in [3.63, 3.8) is 0 Å². The molecule has 4 aromatic carbocycles. The molecule has 2 aliphatic heterocycles. The lowest BCUT2D eigenvalue weighted by molar-refractivity contribution is -0.122. The number of carbonyl (C=O) groups excluding carboxylic acids is 3. The van der Waals surface area contributed by atoms with Crippen molar-refractivity contribution in [1.82, 2.24) is 4.57 Å². The molecule has 1 aromatic heterocycles. The summed E-state index contributed by atoms with van der Waals surface area (Å²) in [5, 5.41) is 4.60. The van der Waals surface area contributed by atoms with Gasteiger partial charge in [-0.1, -0.05) is 87.6 Å². The SMILES string of the molecule is COc1ccc(N2C(=O)C3Sc4c(sc(=O)n4CC(=O)Nc4cccc5ccccc45)[C@H](c4cccc(Br)c4)C3C2=O)cc1. The highest BCUT2D eigenvalue weighted by molar-refractivity contribution is 9.10. The van der Waals surface area contributed by atoms with Crippen molar-refractivity contribution in [2.75, 3.05) is 17.3 Å². The van der Waals surface area contributed by atoms with Crippen molar-refractivity contribution in [3.8, 4) is 5.75 Å². The van der Waals surface area contributed by atoms with Gasteiger partial charge in [-0.25, -0.2) is 4.90 Å². The number of thioether (sulfide) groups is 1. The zero-order valence-corrected chi connectivity index (χ0v) is 26.4. The predicted octanol–water partition coefficient (Wildman–Crippen LogP) is 6.27. The number of nitrogens with one attached hydrogen (secondary N) is 1. The summed E-state index contributed by atoms with van der Waals surface area (Å²) in [6.45, 7) is -0.228. The van der Waals surface area contributed by atoms with Crippen molar-refractivity contribution in [3.05, 3.63) is 116 Å². The number of nitrogens with zero attached hydrogens (tertiary/aromatic N) is 2. The molecule has 1 saturated heterocycles. The van der Waals surface area contributed by atoms with Gasteiger partial charge in [0.1, 0.15) is 17.5 Å². The van der Waals surface area contributed by atoms with Crippen molar-refractivity contribution >= 4 is 78.9 Å². The quantitative estimate of drug-likeness (QED) is 0.212. The van der Waals surface area contributed by atoms with Gasteiger partial charge in [-0.15, -0.1) is 0 Å². The molecule has 11 heteroatoms. The Labute approximate surface area is 268 Å². The molecule has 220 valence electrons. The second-order valence-electron chi connectivity index (χ2n) is 10.5. The number of thiazole rings is 1. The van der Waals surface area contributed by atoms with Crippen LogP contribution in [0.15, 0.2) is 105 Å². The molecule has 5 aromatic rings. The molecule has 2 unspecified atom stereocenters. The summed E-state index contributed by atoms with van der Waals surface area (Å²) in [7, 11) is 1.55. The normalized spacial score (nSPS) is 19.1. The Morgan fingerprint density at radius 2 is 1.68 bits per heavy atom. The number of benzene rings is 4. The van der Waals surface area contributed by atoms with E-state index in [-0.39, 0.29) is 29.1 Å². The predicted molar refractivity (Wildman–Crippen MR) is 176 cm³/mol. The number of anilines is 2. The monoisotopic (exact) mass is 685 g/mol. The lowest BCUT2D eigenvalue weighted by Gasteiger charge is -2.30. The number of ether oxygens (including phenoxy) is 1. The molecule has 0 bridgehead atoms. The van der Waals surface area contributed by atoms with Crippen molar-refractivity contribution < 1.29 is 19.1 Å². The van der Waals surface area contributed by atoms with E-state index in [4.69, 9.17) is 4.74 Å². The number of aromatic nitrogens is 1. The lowest BCUT2D eigenvalue weighted by atomic mass is 9.83. The van der Waals surface area contributed by atoms with Crippen LogP contribution in [-0.2, 0) is 20.9 Å². The molecule has 3 atom stereocenters. The fourth-order valence-electron chi connectivity index (χ4n) is 5.97. The molecule has 1 fully saturated rings. The first-order valence-electron chi connectivity index (χ1n) is 13.8. The van der Waals surface area contributed by atoms with E-state index in [1.165, 1.54) is 21.2 Å². The molecule has 44 heavy (non-hydrogen) atoms. The number of methoxy groups -OCH3 is 1. The Bertz CT molecular complexity index is 2020. The molecular weight excluding hydrogens is 662 g/mol. The van der Waals surface area contributed by atoms with Crippen LogP contribution in [0.3, 0.4) is 0 Å². The first-order chi connectivity index (χ1) is 21.3. The van der Waals surface area contributed by atoms with E-state index in [2.05, 4.69) is 21.2 Å². The molecular formula is C33H24BrN3O5S2. The van der Waals surface area contributed by atoms with Gasteiger partial charge >= 0.3 is 4.87 Å². The van der Waals surface area contributed by atoms with Crippen LogP contribution >= 0.6 is 39.0 Å². The van der Waals surface area contributed by atoms with Gasteiger partial charge in [-0.3, -0.25) is 23.7 Å². The summed E-state index contributed by atoms with van der Waals surface area (Å²) >= 11 is 5.75. The van der Waals surface area contributed by atoms with E-state index in [1.807, 2.05) is 66.7 Å². The Hall–Kier alpha value is -4.19. The largest absolute Gasteiger partial charge is 0.497 e. The molecule has 0 spiro atoms. The third-order valence-electron chi connectivity index (χ3n) is 7.95. The summed E-state index contributed by atoms with van der Waals surface area (Å²) in [4.78, 5) is 56.4. The third-order valence-corrected chi connectivity index (χ3v) is 11.1. The lowest BCUT2D eigenvalue weighted by Crippen LogP contribution is -2.33. The highest BCUT2D eigenvalue weighted by Gasteiger charge is 2.56. The summed E-state index contributed by atoms with van der Waals surface area (Å²) in [6.07, 6.45) is 0. The van der Waals surface area contributed by atoms with Gasteiger partial charge in [-0.2, -0.15) is 0 Å². The maximum absolute atomic E-state index is 14.1. The molecule has 8 nitrogen and oxygen atoms in total. The first-order valence-corrected chi connectivity index (χ1v) is 16.3. The standard InChI is InChI=1S/C33H24BrN3O5S2/c1-42-22-14-12-21(13-15-22)37-30(39)27-26(19-8-4-9-20(34)16-19)29-32(43-28(27)31(37)40)36(33(41)44-29)17-25(38)35-24-11-5-7-18-6-2-3-10-23(18)24/h2-16,26-28H,17H2,1H3,(H,35,38)/t26-,27?,28?/m1/s1. The Morgan fingerprint density at radius 3 is 2.45 bits per heavy atom. The van der Waals surface area contributed by atoms with Gasteiger partial charge in [0.05, 0.1) is 23.7 Å². The molecule has 2 aliphatic rings. The topological polar surface area (TPSA) is 97.7 Å². The van der Waals surface area contributed by atoms with Crippen LogP contribution in [-0.4, -0.2) is 34.6 Å². The summed E-state index contributed by atoms with van der Waals surface area (Å²) in [6, 6.07) is 27.8. The van der Waals surface area contributed by atoms with E-state index < -0.39 is 17.1 Å². The van der Waals surface area contributed by atoms with E-state index in [9.17, 15) is 19.2 Å². The molecule has 3 amide bonds. The number of imide groups is 1. The number of amides is 3. The van der Waals surface area contributed by atoms with Crippen molar-refractivity contribution in [2.45, 2.75) is 22.7 Å². The van der Waals surface area contributed by atoms with Crippen molar-refractivity contribution in [2.24, 2.45) is 5.92 Å². The Balaban J connectivity index is 1.27. The van der Waals surface area contributed by atoms with E-state index >= 15 is 0 Å². The highest BCUT2D eigenvalue weighted by Crippen LogP contribution is 2.54. The molecule has 1 N–H and O–H groups in total. The maximum atomic E-state index is 14.1.